The molecule has 0 aliphatic heterocycles. The summed E-state index contributed by atoms with van der Waals surface area (Å²) in [5, 5.41) is 6.19. The lowest BCUT2D eigenvalue weighted by atomic mass is 10.1. The Kier molecular flexibility index (Phi) is 8.22. The van der Waals surface area contributed by atoms with Gasteiger partial charge >= 0.3 is 0 Å². The molecule has 6 nitrogen and oxygen atoms in total. The van der Waals surface area contributed by atoms with Gasteiger partial charge in [0.15, 0.2) is 17.5 Å². The summed E-state index contributed by atoms with van der Waals surface area (Å²) in [5.74, 6) is 5.13. The lowest BCUT2D eigenvalue weighted by molar-refractivity contribution is 0.322. The van der Waals surface area contributed by atoms with Gasteiger partial charge in [0, 0.05) is 18.7 Å². The Labute approximate surface area is 138 Å². The van der Waals surface area contributed by atoms with Crippen molar-refractivity contribution in [3.8, 4) is 29.6 Å². The average molecular weight is 319 g/mol. The number of aliphatic imine (C=N–C) groups is 1. The molecule has 0 aromatic heterocycles. The number of ether oxygens (including phenoxy) is 3. The smallest absolute Gasteiger partial charge is 0.203 e. The third kappa shape index (κ3) is 5.29. The molecule has 0 bridgehead atoms. The van der Waals surface area contributed by atoms with Crippen molar-refractivity contribution in [2.75, 3.05) is 41.0 Å². The minimum atomic E-state index is 0.436. The maximum Gasteiger partial charge on any atom is 0.203 e. The standard InChI is InChI=1S/C17H25N3O3/c1-6-11-19-17(18-7-2)20-12-10-13-8-9-14(21-3)16(23-5)15(13)22-4/h1,8-9H,7,10-12H2,2-5H3,(H2,18,19,20). The van der Waals surface area contributed by atoms with E-state index in [-0.39, 0.29) is 0 Å². The molecular weight excluding hydrogens is 294 g/mol. The Morgan fingerprint density at radius 1 is 1.13 bits per heavy atom. The summed E-state index contributed by atoms with van der Waals surface area (Å²) >= 11 is 0. The van der Waals surface area contributed by atoms with Crippen LogP contribution >= 0.6 is 0 Å². The minimum absolute atomic E-state index is 0.436. The molecule has 23 heavy (non-hydrogen) atoms. The molecule has 6 heteroatoms. The normalized spacial score (nSPS) is 10.7. The second kappa shape index (κ2) is 10.2. The highest BCUT2D eigenvalue weighted by Gasteiger charge is 2.15. The summed E-state index contributed by atoms with van der Waals surface area (Å²) in [6.45, 7) is 3.80. The average Bonchev–Trinajstić information content (AvgIpc) is 2.58. The highest BCUT2D eigenvalue weighted by molar-refractivity contribution is 5.80. The molecule has 0 saturated heterocycles. The van der Waals surface area contributed by atoms with Gasteiger partial charge in [-0.2, -0.15) is 0 Å². The number of nitrogens with zero attached hydrogens (tertiary/aromatic N) is 1. The highest BCUT2D eigenvalue weighted by atomic mass is 16.5. The summed E-state index contributed by atoms with van der Waals surface area (Å²) in [7, 11) is 4.80. The predicted molar refractivity (Wildman–Crippen MR) is 92.6 cm³/mol. The molecular formula is C17H25N3O3. The Morgan fingerprint density at radius 2 is 1.87 bits per heavy atom. The Balaban J connectivity index is 2.86. The molecule has 0 unspecified atom stereocenters. The van der Waals surface area contributed by atoms with Gasteiger partial charge in [-0.15, -0.1) is 6.42 Å². The summed E-state index contributed by atoms with van der Waals surface area (Å²) in [6, 6.07) is 3.82. The zero-order valence-corrected chi connectivity index (χ0v) is 14.2. The Morgan fingerprint density at radius 3 is 2.43 bits per heavy atom. The van der Waals surface area contributed by atoms with Crippen LogP contribution in [0, 0.1) is 12.3 Å². The quantitative estimate of drug-likeness (QED) is 0.431. The van der Waals surface area contributed by atoms with Crippen LogP contribution in [0.5, 0.6) is 17.2 Å². The topological polar surface area (TPSA) is 64.1 Å². The molecule has 0 saturated carbocycles. The van der Waals surface area contributed by atoms with E-state index in [1.54, 1.807) is 21.3 Å². The van der Waals surface area contributed by atoms with E-state index in [1.807, 2.05) is 19.1 Å². The van der Waals surface area contributed by atoms with Gasteiger partial charge < -0.3 is 24.8 Å². The zero-order valence-electron chi connectivity index (χ0n) is 14.2. The summed E-state index contributed by atoms with van der Waals surface area (Å²) < 4.78 is 16.1. The number of guanidine groups is 1. The van der Waals surface area contributed by atoms with Gasteiger partial charge in [-0.3, -0.25) is 4.99 Å². The number of rotatable bonds is 8. The minimum Gasteiger partial charge on any atom is -0.493 e. The second-order valence-electron chi connectivity index (χ2n) is 4.56. The molecule has 1 rings (SSSR count). The zero-order chi connectivity index (χ0) is 17.1. The van der Waals surface area contributed by atoms with Crippen LogP contribution in [0.25, 0.3) is 0 Å². The monoisotopic (exact) mass is 319 g/mol. The van der Waals surface area contributed by atoms with Gasteiger partial charge in [-0.25, -0.2) is 0 Å². The van der Waals surface area contributed by atoms with Gasteiger partial charge in [0.2, 0.25) is 5.75 Å². The number of hydrogen-bond donors (Lipinski definition) is 2. The number of nitrogens with one attached hydrogen (secondary N) is 2. The lowest BCUT2D eigenvalue weighted by Crippen LogP contribution is -2.37. The van der Waals surface area contributed by atoms with E-state index in [9.17, 15) is 0 Å². The second-order valence-corrected chi connectivity index (χ2v) is 4.56. The third-order valence-corrected chi connectivity index (χ3v) is 3.14. The molecule has 1 aromatic rings. The summed E-state index contributed by atoms with van der Waals surface area (Å²) in [6.07, 6.45) is 5.96. The van der Waals surface area contributed by atoms with Gasteiger partial charge in [-0.05, 0) is 19.4 Å². The van der Waals surface area contributed by atoms with Crippen molar-refractivity contribution in [2.45, 2.75) is 13.3 Å². The van der Waals surface area contributed by atoms with Crippen LogP contribution in [0.2, 0.25) is 0 Å². The van der Waals surface area contributed by atoms with E-state index in [4.69, 9.17) is 20.6 Å². The first-order valence-corrected chi connectivity index (χ1v) is 7.45. The van der Waals surface area contributed by atoms with Gasteiger partial charge in [0.25, 0.3) is 0 Å². The Hall–Kier alpha value is -2.55. The molecule has 0 aliphatic rings. The van der Waals surface area contributed by atoms with Crippen LogP contribution in [0.1, 0.15) is 12.5 Å². The van der Waals surface area contributed by atoms with Crippen molar-refractivity contribution in [2.24, 2.45) is 4.99 Å². The van der Waals surface area contributed by atoms with Crippen molar-refractivity contribution in [3.05, 3.63) is 17.7 Å². The van der Waals surface area contributed by atoms with Crippen molar-refractivity contribution in [1.82, 2.24) is 10.6 Å². The maximum absolute atomic E-state index is 5.47. The van der Waals surface area contributed by atoms with Crippen molar-refractivity contribution in [3.63, 3.8) is 0 Å². The number of methoxy groups -OCH3 is 3. The number of benzene rings is 1. The van der Waals surface area contributed by atoms with Gasteiger partial charge in [-0.1, -0.05) is 12.0 Å². The first-order valence-electron chi connectivity index (χ1n) is 7.45. The summed E-state index contributed by atoms with van der Waals surface area (Å²) in [4.78, 5) is 4.49. The molecule has 0 heterocycles. The fraction of sp³-hybridized carbons (Fsp3) is 0.471. The first kappa shape index (κ1) is 18.5. The van der Waals surface area contributed by atoms with Crippen molar-refractivity contribution < 1.29 is 14.2 Å². The number of terminal acetylenes is 1. The van der Waals surface area contributed by atoms with Crippen LogP contribution in [-0.2, 0) is 6.42 Å². The molecule has 0 spiro atoms. The number of hydrogen-bond acceptors (Lipinski definition) is 4. The molecule has 0 fully saturated rings. The van der Waals surface area contributed by atoms with Crippen LogP contribution in [-0.4, -0.2) is 46.9 Å². The molecule has 0 atom stereocenters. The predicted octanol–water partition coefficient (Wildman–Crippen LogP) is 1.44. The molecule has 0 radical (unpaired) electrons. The fourth-order valence-electron chi connectivity index (χ4n) is 2.12. The molecule has 2 N–H and O–H groups in total. The van der Waals surface area contributed by atoms with Gasteiger partial charge in [0.05, 0.1) is 27.9 Å². The summed E-state index contributed by atoms with van der Waals surface area (Å²) in [5.41, 5.74) is 1.00. The third-order valence-electron chi connectivity index (χ3n) is 3.14. The van der Waals surface area contributed by atoms with Gasteiger partial charge in [0.1, 0.15) is 0 Å². The van der Waals surface area contributed by atoms with Crippen LogP contribution in [0.15, 0.2) is 17.1 Å². The van der Waals surface area contributed by atoms with Crippen LogP contribution in [0.3, 0.4) is 0 Å². The molecule has 0 amide bonds. The van der Waals surface area contributed by atoms with E-state index in [0.29, 0.717) is 42.7 Å². The first-order chi connectivity index (χ1) is 11.2. The van der Waals surface area contributed by atoms with E-state index >= 15 is 0 Å². The largest absolute Gasteiger partial charge is 0.493 e. The lowest BCUT2D eigenvalue weighted by Gasteiger charge is -2.15. The van der Waals surface area contributed by atoms with E-state index in [1.165, 1.54) is 0 Å². The van der Waals surface area contributed by atoms with Crippen LogP contribution < -0.4 is 24.8 Å². The molecule has 1 aromatic carbocycles. The molecule has 0 aliphatic carbocycles. The fourth-order valence-corrected chi connectivity index (χ4v) is 2.12. The SMILES string of the molecule is C#CCNC(=NCCc1ccc(OC)c(OC)c1OC)NCC. The maximum atomic E-state index is 5.47. The van der Waals surface area contributed by atoms with Crippen LogP contribution in [0.4, 0.5) is 0 Å². The Bertz CT molecular complexity index is 565. The highest BCUT2D eigenvalue weighted by Crippen LogP contribution is 2.39. The van der Waals surface area contributed by atoms with E-state index < -0.39 is 0 Å². The van der Waals surface area contributed by atoms with E-state index in [2.05, 4.69) is 21.5 Å². The molecule has 126 valence electrons. The van der Waals surface area contributed by atoms with Crippen molar-refractivity contribution in [1.29, 1.82) is 0 Å². The van der Waals surface area contributed by atoms with Crippen molar-refractivity contribution >= 4 is 5.96 Å². The van der Waals surface area contributed by atoms with E-state index in [0.717, 1.165) is 12.1 Å².